The Morgan fingerprint density at radius 1 is 1.00 bits per heavy atom. The highest BCUT2D eigenvalue weighted by Gasteiger charge is 2.41. The Morgan fingerprint density at radius 2 is 1.72 bits per heavy atom. The molecule has 0 N–H and O–H groups in total. The number of hydrogen-bond donors (Lipinski definition) is 0. The molecule has 1 aliphatic carbocycles. The molecule has 0 spiro atoms. The normalized spacial score (nSPS) is 17.9. The molecule has 0 radical (unpaired) electrons. The number of carbonyl (C=O) groups excluding carboxylic acids is 2. The standard InChI is InChI=1S/C19H17NO4S/c21-17(15-10-9-13-5-1-2-6-14(13)11-15)12-20-19(22)16-7-3-4-8-18(16)25(20,23)24/h3-4,7-11H,1-2,5-6,12H2. The lowest BCUT2D eigenvalue weighted by molar-refractivity contribution is 0.0820. The molecule has 0 atom stereocenters. The van der Waals surface area contributed by atoms with E-state index in [1.54, 1.807) is 18.2 Å². The minimum atomic E-state index is -3.95. The molecule has 25 heavy (non-hydrogen) atoms. The van der Waals surface area contributed by atoms with E-state index in [1.165, 1.54) is 17.7 Å². The fraction of sp³-hybridized carbons (Fsp3) is 0.263. The molecule has 128 valence electrons. The molecular weight excluding hydrogens is 338 g/mol. The van der Waals surface area contributed by atoms with Crippen LogP contribution in [0.25, 0.3) is 0 Å². The second-order valence-electron chi connectivity index (χ2n) is 6.43. The Kier molecular flexibility index (Phi) is 3.72. The van der Waals surface area contributed by atoms with Crippen molar-refractivity contribution in [2.24, 2.45) is 0 Å². The molecule has 4 rings (SSSR count). The summed E-state index contributed by atoms with van der Waals surface area (Å²) in [5.74, 6) is -1.000. The Labute approximate surface area is 146 Å². The zero-order chi connectivity index (χ0) is 17.6. The van der Waals surface area contributed by atoms with E-state index >= 15 is 0 Å². The second kappa shape index (κ2) is 5.81. The molecule has 0 bridgehead atoms. The topological polar surface area (TPSA) is 71.5 Å². The van der Waals surface area contributed by atoms with Gasteiger partial charge in [-0.05, 0) is 55.0 Å². The number of nitrogens with zero attached hydrogens (tertiary/aromatic N) is 1. The minimum absolute atomic E-state index is 0.0294. The molecule has 2 aliphatic rings. The van der Waals surface area contributed by atoms with E-state index in [0.717, 1.165) is 31.2 Å². The molecular formula is C19H17NO4S. The van der Waals surface area contributed by atoms with Crippen molar-refractivity contribution in [1.82, 2.24) is 4.31 Å². The van der Waals surface area contributed by atoms with Gasteiger partial charge in [0.15, 0.2) is 5.78 Å². The van der Waals surface area contributed by atoms with Gasteiger partial charge in [-0.1, -0.05) is 24.3 Å². The van der Waals surface area contributed by atoms with Crippen LogP contribution in [0.15, 0.2) is 47.4 Å². The summed E-state index contributed by atoms with van der Waals surface area (Å²) in [5.41, 5.74) is 2.98. The van der Waals surface area contributed by atoms with Crippen LogP contribution >= 0.6 is 0 Å². The summed E-state index contributed by atoms with van der Waals surface area (Å²) in [7, 11) is -3.95. The van der Waals surface area contributed by atoms with Crippen molar-refractivity contribution in [1.29, 1.82) is 0 Å². The molecule has 5 nitrogen and oxygen atoms in total. The average molecular weight is 355 g/mol. The summed E-state index contributed by atoms with van der Waals surface area (Å²) < 4.78 is 25.8. The fourth-order valence-corrected chi connectivity index (χ4v) is 5.04. The Hall–Kier alpha value is -2.47. The fourth-order valence-electron chi connectivity index (χ4n) is 3.52. The zero-order valence-corrected chi connectivity index (χ0v) is 14.4. The molecule has 2 aromatic rings. The van der Waals surface area contributed by atoms with Crippen LogP contribution in [0.4, 0.5) is 0 Å². The first kappa shape index (κ1) is 16.0. The van der Waals surface area contributed by atoms with E-state index < -0.39 is 22.5 Å². The lowest BCUT2D eigenvalue weighted by Crippen LogP contribution is -2.35. The van der Waals surface area contributed by atoms with Gasteiger partial charge in [0.2, 0.25) is 0 Å². The number of aryl methyl sites for hydroxylation is 2. The van der Waals surface area contributed by atoms with Crippen LogP contribution in [0.3, 0.4) is 0 Å². The summed E-state index contributed by atoms with van der Waals surface area (Å²) in [5, 5.41) is 0. The van der Waals surface area contributed by atoms with Crippen LogP contribution in [0.2, 0.25) is 0 Å². The summed E-state index contributed by atoms with van der Waals surface area (Å²) in [6.07, 6.45) is 4.19. The quantitative estimate of drug-likeness (QED) is 0.794. The minimum Gasteiger partial charge on any atom is -0.292 e. The lowest BCUT2D eigenvalue weighted by atomic mass is 9.90. The van der Waals surface area contributed by atoms with Gasteiger partial charge in [0.1, 0.15) is 11.4 Å². The zero-order valence-electron chi connectivity index (χ0n) is 13.6. The molecule has 1 heterocycles. The predicted octanol–water partition coefficient (Wildman–Crippen LogP) is 2.59. The Morgan fingerprint density at radius 3 is 2.48 bits per heavy atom. The summed E-state index contributed by atoms with van der Waals surface area (Å²) >= 11 is 0. The Balaban J connectivity index is 1.63. The van der Waals surface area contributed by atoms with Gasteiger partial charge < -0.3 is 0 Å². The van der Waals surface area contributed by atoms with E-state index in [1.807, 2.05) is 12.1 Å². The number of benzene rings is 2. The van der Waals surface area contributed by atoms with Crippen molar-refractivity contribution < 1.29 is 18.0 Å². The summed E-state index contributed by atoms with van der Waals surface area (Å²) in [6, 6.07) is 11.6. The number of amides is 1. The van der Waals surface area contributed by atoms with Crippen LogP contribution in [0.1, 0.15) is 44.7 Å². The van der Waals surface area contributed by atoms with Crippen molar-refractivity contribution in [2.45, 2.75) is 30.6 Å². The largest absolute Gasteiger partial charge is 0.292 e. The average Bonchev–Trinajstić information content (AvgIpc) is 2.82. The number of Topliss-reactive ketones (excluding diaryl/α,β-unsaturated/α-hetero) is 1. The SMILES string of the molecule is O=C(CN1C(=O)c2ccccc2S1(=O)=O)c1ccc2c(c1)CCCC2. The number of rotatable bonds is 3. The highest BCUT2D eigenvalue weighted by molar-refractivity contribution is 7.90. The van der Waals surface area contributed by atoms with Gasteiger partial charge in [0, 0.05) is 5.56 Å². The number of fused-ring (bicyclic) bond motifs is 2. The van der Waals surface area contributed by atoms with Crippen molar-refractivity contribution >= 4 is 21.7 Å². The number of carbonyl (C=O) groups is 2. The van der Waals surface area contributed by atoms with Gasteiger partial charge in [-0.25, -0.2) is 12.7 Å². The monoisotopic (exact) mass is 355 g/mol. The maximum Gasteiger partial charge on any atom is 0.269 e. The molecule has 2 aromatic carbocycles. The number of hydrogen-bond acceptors (Lipinski definition) is 4. The van der Waals surface area contributed by atoms with Gasteiger partial charge in [0.25, 0.3) is 15.9 Å². The van der Waals surface area contributed by atoms with Gasteiger partial charge in [0.05, 0.1) is 5.56 Å². The molecule has 0 aromatic heterocycles. The van der Waals surface area contributed by atoms with E-state index in [2.05, 4.69) is 0 Å². The molecule has 6 heteroatoms. The van der Waals surface area contributed by atoms with Crippen LogP contribution in [0, 0.1) is 0 Å². The third-order valence-corrected chi connectivity index (χ3v) is 6.66. The summed E-state index contributed by atoms with van der Waals surface area (Å²) in [4.78, 5) is 25.0. The first-order chi connectivity index (χ1) is 12.0. The van der Waals surface area contributed by atoms with Gasteiger partial charge in [-0.2, -0.15) is 0 Å². The third kappa shape index (κ3) is 2.57. The van der Waals surface area contributed by atoms with Crippen LogP contribution < -0.4 is 0 Å². The van der Waals surface area contributed by atoms with Crippen LogP contribution in [0.5, 0.6) is 0 Å². The van der Waals surface area contributed by atoms with E-state index in [0.29, 0.717) is 9.87 Å². The van der Waals surface area contributed by atoms with E-state index in [4.69, 9.17) is 0 Å². The smallest absolute Gasteiger partial charge is 0.269 e. The lowest BCUT2D eigenvalue weighted by Gasteiger charge is -2.18. The Bertz CT molecular complexity index is 994. The molecule has 1 amide bonds. The first-order valence-corrected chi connectivity index (χ1v) is 9.73. The highest BCUT2D eigenvalue weighted by Crippen LogP contribution is 2.30. The number of sulfonamides is 1. The van der Waals surface area contributed by atoms with Crippen LogP contribution in [-0.2, 0) is 22.9 Å². The third-order valence-electron chi connectivity index (χ3n) is 4.87. The van der Waals surface area contributed by atoms with Crippen molar-refractivity contribution in [2.75, 3.05) is 6.54 Å². The van der Waals surface area contributed by atoms with Crippen molar-refractivity contribution in [3.63, 3.8) is 0 Å². The second-order valence-corrected chi connectivity index (χ2v) is 8.26. The number of ketones is 1. The van der Waals surface area contributed by atoms with Gasteiger partial charge in [-0.15, -0.1) is 0 Å². The van der Waals surface area contributed by atoms with Crippen molar-refractivity contribution in [3.05, 3.63) is 64.7 Å². The maximum absolute atomic E-state index is 12.6. The van der Waals surface area contributed by atoms with Crippen molar-refractivity contribution in [3.8, 4) is 0 Å². The van der Waals surface area contributed by atoms with Gasteiger partial charge >= 0.3 is 0 Å². The van der Waals surface area contributed by atoms with Gasteiger partial charge in [-0.3, -0.25) is 9.59 Å². The van der Waals surface area contributed by atoms with Crippen LogP contribution in [-0.4, -0.2) is 31.0 Å². The molecule has 1 aliphatic heterocycles. The molecule has 0 saturated heterocycles. The molecule has 0 fully saturated rings. The molecule has 0 saturated carbocycles. The first-order valence-electron chi connectivity index (χ1n) is 8.29. The highest BCUT2D eigenvalue weighted by atomic mass is 32.2. The van der Waals surface area contributed by atoms with E-state index in [9.17, 15) is 18.0 Å². The summed E-state index contributed by atoms with van der Waals surface area (Å²) in [6.45, 7) is -0.464. The predicted molar refractivity (Wildman–Crippen MR) is 92.1 cm³/mol. The molecule has 0 unspecified atom stereocenters. The maximum atomic E-state index is 12.6. The van der Waals surface area contributed by atoms with E-state index in [-0.39, 0.29) is 16.2 Å².